The van der Waals surface area contributed by atoms with Crippen molar-refractivity contribution in [2.24, 2.45) is 5.73 Å². The van der Waals surface area contributed by atoms with Crippen LogP contribution in [0.15, 0.2) is 12.4 Å². The molecule has 0 saturated heterocycles. The molecule has 0 spiro atoms. The monoisotopic (exact) mass is 256 g/mol. The molecule has 0 aliphatic rings. The molecule has 88 valence electrons. The smallest absolute Gasteiger partial charge is 0.324 e. The van der Waals surface area contributed by atoms with Gasteiger partial charge in [-0.1, -0.05) is 0 Å². The van der Waals surface area contributed by atoms with Gasteiger partial charge in [0.1, 0.15) is 6.04 Å². The fraction of sp³-hybridized carbons (Fsp3) is 0.429. The summed E-state index contributed by atoms with van der Waals surface area (Å²) < 4.78 is 6.05. The zero-order chi connectivity index (χ0) is 9.84. The van der Waals surface area contributed by atoms with Crippen LogP contribution in [0.2, 0.25) is 0 Å². The van der Waals surface area contributed by atoms with Crippen molar-refractivity contribution in [1.29, 1.82) is 0 Å². The molecule has 0 aromatic carbocycles. The van der Waals surface area contributed by atoms with Crippen LogP contribution >= 0.6 is 24.8 Å². The average molecular weight is 257 g/mol. The Labute approximate surface area is 99.8 Å². The van der Waals surface area contributed by atoms with Crippen LogP contribution in [0.1, 0.15) is 0 Å². The standard InChI is InChI=1S/C7H12N4O2.2ClH/c1-13-6(12)5(8)4-11-3-2-10-7(11)9;;/h2-3,5H,4,8H2,1H3,(H2,9,10);2*1H/t5-;;/m0../s1. The zero-order valence-corrected chi connectivity index (χ0v) is 9.75. The SMILES string of the molecule is COC(=O)[C@@H](N)Cn1ccnc1N.Cl.Cl. The van der Waals surface area contributed by atoms with Gasteiger partial charge in [-0.05, 0) is 0 Å². The Balaban J connectivity index is 0. The molecule has 1 atom stereocenters. The van der Waals surface area contributed by atoms with Gasteiger partial charge in [-0.15, -0.1) is 24.8 Å². The van der Waals surface area contributed by atoms with Gasteiger partial charge < -0.3 is 20.8 Å². The molecule has 0 radical (unpaired) electrons. The van der Waals surface area contributed by atoms with E-state index in [0.29, 0.717) is 5.95 Å². The van der Waals surface area contributed by atoms with Crippen LogP contribution in [-0.2, 0) is 16.1 Å². The van der Waals surface area contributed by atoms with Crippen LogP contribution < -0.4 is 11.5 Å². The number of nitrogen functional groups attached to an aromatic ring is 1. The highest BCUT2D eigenvalue weighted by Gasteiger charge is 2.14. The average Bonchev–Trinajstić information content (AvgIpc) is 2.50. The number of methoxy groups -OCH3 is 1. The van der Waals surface area contributed by atoms with Gasteiger partial charge in [0.05, 0.1) is 13.7 Å². The number of imidazole rings is 1. The number of carbonyl (C=O) groups is 1. The Hall–Kier alpha value is -0.980. The highest BCUT2D eigenvalue weighted by atomic mass is 35.5. The molecule has 1 heterocycles. The maximum absolute atomic E-state index is 10.9. The Morgan fingerprint density at radius 1 is 1.67 bits per heavy atom. The number of hydrogen-bond acceptors (Lipinski definition) is 5. The van der Waals surface area contributed by atoms with E-state index in [4.69, 9.17) is 11.5 Å². The van der Waals surface area contributed by atoms with Crippen molar-refractivity contribution in [3.63, 3.8) is 0 Å². The molecular weight excluding hydrogens is 243 g/mol. The fourth-order valence-corrected chi connectivity index (χ4v) is 0.933. The zero-order valence-electron chi connectivity index (χ0n) is 8.12. The van der Waals surface area contributed by atoms with Crippen molar-refractivity contribution in [2.45, 2.75) is 12.6 Å². The van der Waals surface area contributed by atoms with E-state index in [9.17, 15) is 4.79 Å². The summed E-state index contributed by atoms with van der Waals surface area (Å²) in [6.07, 6.45) is 3.19. The van der Waals surface area contributed by atoms with E-state index >= 15 is 0 Å². The number of nitrogens with zero attached hydrogens (tertiary/aromatic N) is 2. The lowest BCUT2D eigenvalue weighted by molar-refractivity contribution is -0.142. The predicted molar refractivity (Wildman–Crippen MR) is 61.1 cm³/mol. The molecule has 6 nitrogen and oxygen atoms in total. The topological polar surface area (TPSA) is 96.2 Å². The lowest BCUT2D eigenvalue weighted by Gasteiger charge is -2.10. The first-order valence-corrected chi connectivity index (χ1v) is 3.75. The third-order valence-electron chi connectivity index (χ3n) is 1.65. The second kappa shape index (κ2) is 7.33. The molecule has 4 N–H and O–H groups in total. The molecule has 0 amide bonds. The van der Waals surface area contributed by atoms with Gasteiger partial charge in [0.15, 0.2) is 5.95 Å². The highest BCUT2D eigenvalue weighted by Crippen LogP contribution is 2.00. The number of halogens is 2. The summed E-state index contributed by atoms with van der Waals surface area (Å²) in [6, 6.07) is -0.707. The molecule has 15 heavy (non-hydrogen) atoms. The lowest BCUT2D eigenvalue weighted by Crippen LogP contribution is -2.35. The molecule has 1 rings (SSSR count). The van der Waals surface area contributed by atoms with Gasteiger partial charge in [-0.3, -0.25) is 4.79 Å². The number of anilines is 1. The van der Waals surface area contributed by atoms with E-state index < -0.39 is 12.0 Å². The first-order chi connectivity index (χ1) is 6.15. The normalized spacial score (nSPS) is 10.8. The summed E-state index contributed by atoms with van der Waals surface area (Å²) in [5.74, 6) is -0.132. The van der Waals surface area contributed by atoms with Gasteiger partial charge in [0.25, 0.3) is 0 Å². The number of aromatic nitrogens is 2. The summed E-state index contributed by atoms with van der Waals surface area (Å²) in [5, 5.41) is 0. The van der Waals surface area contributed by atoms with Crippen LogP contribution in [0.25, 0.3) is 0 Å². The first kappa shape index (κ1) is 16.4. The summed E-state index contributed by atoms with van der Waals surface area (Å²) >= 11 is 0. The van der Waals surface area contributed by atoms with E-state index in [1.807, 2.05) is 0 Å². The van der Waals surface area contributed by atoms with E-state index in [1.54, 1.807) is 17.0 Å². The second-order valence-electron chi connectivity index (χ2n) is 2.57. The molecule has 8 heteroatoms. The molecule has 0 aliphatic carbocycles. The maximum atomic E-state index is 10.9. The Bertz CT molecular complexity index is 305. The van der Waals surface area contributed by atoms with Gasteiger partial charge >= 0.3 is 5.97 Å². The summed E-state index contributed by atoms with van der Waals surface area (Å²) in [4.78, 5) is 14.7. The second-order valence-corrected chi connectivity index (χ2v) is 2.57. The van der Waals surface area contributed by atoms with Crippen molar-refractivity contribution >= 4 is 36.7 Å². The van der Waals surface area contributed by atoms with Crippen molar-refractivity contribution in [3.8, 4) is 0 Å². The van der Waals surface area contributed by atoms with Crippen LogP contribution in [-0.4, -0.2) is 28.7 Å². The minimum Gasteiger partial charge on any atom is -0.468 e. The summed E-state index contributed by atoms with van der Waals surface area (Å²) in [7, 11) is 1.29. The van der Waals surface area contributed by atoms with Crippen LogP contribution in [0.3, 0.4) is 0 Å². The van der Waals surface area contributed by atoms with Gasteiger partial charge in [-0.2, -0.15) is 0 Å². The highest BCUT2D eigenvalue weighted by molar-refractivity contribution is 5.85. The molecule has 0 aliphatic heterocycles. The number of esters is 1. The largest absolute Gasteiger partial charge is 0.468 e. The van der Waals surface area contributed by atoms with Gasteiger partial charge in [0, 0.05) is 12.4 Å². The Morgan fingerprint density at radius 2 is 2.27 bits per heavy atom. The maximum Gasteiger partial charge on any atom is 0.324 e. The van der Waals surface area contributed by atoms with E-state index in [1.165, 1.54) is 7.11 Å². The van der Waals surface area contributed by atoms with E-state index in [-0.39, 0.29) is 31.4 Å². The molecule has 1 aromatic rings. The third-order valence-corrected chi connectivity index (χ3v) is 1.65. The van der Waals surface area contributed by atoms with E-state index in [0.717, 1.165) is 0 Å². The Kier molecular flexibility index (Phi) is 8.04. The molecule has 0 fully saturated rings. The molecule has 0 unspecified atom stereocenters. The number of hydrogen-bond donors (Lipinski definition) is 2. The van der Waals surface area contributed by atoms with Gasteiger partial charge in [-0.25, -0.2) is 4.98 Å². The first-order valence-electron chi connectivity index (χ1n) is 3.75. The van der Waals surface area contributed by atoms with E-state index in [2.05, 4.69) is 9.72 Å². The van der Waals surface area contributed by atoms with Crippen LogP contribution in [0.5, 0.6) is 0 Å². The quantitative estimate of drug-likeness (QED) is 0.731. The van der Waals surface area contributed by atoms with Crippen molar-refractivity contribution < 1.29 is 9.53 Å². The number of ether oxygens (including phenoxy) is 1. The lowest BCUT2D eigenvalue weighted by atomic mass is 10.3. The summed E-state index contributed by atoms with van der Waals surface area (Å²) in [6.45, 7) is 0.276. The van der Waals surface area contributed by atoms with Crippen LogP contribution in [0, 0.1) is 0 Å². The molecule has 0 saturated carbocycles. The third kappa shape index (κ3) is 4.37. The van der Waals surface area contributed by atoms with Crippen molar-refractivity contribution in [3.05, 3.63) is 12.4 Å². The minimum absolute atomic E-state index is 0. The van der Waals surface area contributed by atoms with Crippen molar-refractivity contribution in [1.82, 2.24) is 9.55 Å². The van der Waals surface area contributed by atoms with Gasteiger partial charge in [0.2, 0.25) is 0 Å². The minimum atomic E-state index is -0.707. The number of rotatable bonds is 3. The molecule has 0 bridgehead atoms. The Morgan fingerprint density at radius 3 is 2.67 bits per heavy atom. The molecule has 1 aromatic heterocycles. The molecular formula is C7H14Cl2N4O2. The summed E-state index contributed by atoms with van der Waals surface area (Å²) in [5.41, 5.74) is 11.0. The number of carbonyl (C=O) groups excluding carboxylic acids is 1. The van der Waals surface area contributed by atoms with Crippen molar-refractivity contribution in [2.75, 3.05) is 12.8 Å². The van der Waals surface area contributed by atoms with Crippen LogP contribution in [0.4, 0.5) is 5.95 Å². The fourth-order valence-electron chi connectivity index (χ4n) is 0.933. The number of nitrogens with two attached hydrogens (primary N) is 2. The predicted octanol–water partition coefficient (Wildman–Crippen LogP) is -0.191.